The highest BCUT2D eigenvalue weighted by Crippen LogP contribution is 2.24. The van der Waals surface area contributed by atoms with Crippen LogP contribution in [0.4, 0.5) is 9.59 Å². The third-order valence-electron chi connectivity index (χ3n) is 5.02. The number of hydrogen-bond acceptors (Lipinski definition) is 6. The highest BCUT2D eigenvalue weighted by molar-refractivity contribution is 5.96. The molecule has 0 aromatic carbocycles. The molecule has 4 amide bonds. The predicted molar refractivity (Wildman–Crippen MR) is 159 cm³/mol. The first-order valence-corrected chi connectivity index (χ1v) is 13.6. The van der Waals surface area contributed by atoms with Crippen LogP contribution >= 0.6 is 0 Å². The summed E-state index contributed by atoms with van der Waals surface area (Å²) in [6.45, 7) is 27.1. The smallest absolute Gasteiger partial charge is 0.407 e. The van der Waals surface area contributed by atoms with Gasteiger partial charge in [0.2, 0.25) is 11.8 Å². The van der Waals surface area contributed by atoms with Crippen molar-refractivity contribution in [3.63, 3.8) is 0 Å². The maximum absolute atomic E-state index is 11.6. The van der Waals surface area contributed by atoms with E-state index in [0.29, 0.717) is 25.1 Å². The molecule has 0 aromatic rings. The number of alkyl carbamates (subject to hydrolysis) is 2. The summed E-state index contributed by atoms with van der Waals surface area (Å²) in [6.07, 6.45) is 5.70. The average Bonchev–Trinajstić information content (AvgIpc) is 3.14. The number of amides is 4. The van der Waals surface area contributed by atoms with Crippen LogP contribution in [-0.2, 0) is 19.1 Å². The molecule has 2 saturated heterocycles. The van der Waals surface area contributed by atoms with E-state index in [1.165, 1.54) is 0 Å². The normalized spacial score (nSPS) is 18.2. The molecule has 2 heterocycles. The molecule has 0 bridgehead atoms. The Morgan fingerprint density at radius 1 is 0.825 bits per heavy atom. The van der Waals surface area contributed by atoms with E-state index in [1.807, 2.05) is 75.3 Å². The molecule has 2 rings (SSSR count). The standard InChI is InChI=1S/C14H24N2O3.C9H17NO2.C7H11NO/c1-13(2,3)19-12(18)15-8-6-7-10-9-14(4,5)16-11(10)17;1-5-6-7-10-8(11)12-9(2,3)4;1-5-4-7(2,3)8-6(5)9/h7H,6,8-9H2,1-5H3,(H,15,18)(H,16,17);5H,1,6-7H2,2-4H3,(H,10,11);1,4H2,2-3H3,(H,8,9). The molecule has 0 aromatic heterocycles. The van der Waals surface area contributed by atoms with E-state index in [9.17, 15) is 19.2 Å². The molecule has 2 aliphatic heterocycles. The van der Waals surface area contributed by atoms with Crippen molar-refractivity contribution >= 4 is 24.0 Å². The SMILES string of the molecule is C=C1CC(C)(C)NC1=O.C=CCCNC(=O)OC(C)(C)C.CC1(C)CC(=CCCNC(=O)OC(C)(C)C)C(=O)N1. The number of ether oxygens (including phenoxy) is 2. The van der Waals surface area contributed by atoms with Gasteiger partial charge < -0.3 is 30.7 Å². The van der Waals surface area contributed by atoms with Gasteiger partial charge in [0, 0.05) is 41.7 Å². The lowest BCUT2D eigenvalue weighted by Gasteiger charge is -2.19. The van der Waals surface area contributed by atoms with E-state index in [0.717, 1.165) is 24.8 Å². The maximum atomic E-state index is 11.6. The largest absolute Gasteiger partial charge is 0.444 e. The van der Waals surface area contributed by atoms with Crippen molar-refractivity contribution in [3.8, 4) is 0 Å². The summed E-state index contributed by atoms with van der Waals surface area (Å²) < 4.78 is 10.1. The predicted octanol–water partition coefficient (Wildman–Crippen LogP) is 5.05. The Balaban J connectivity index is 0.000000619. The van der Waals surface area contributed by atoms with Gasteiger partial charge in [-0.1, -0.05) is 18.7 Å². The summed E-state index contributed by atoms with van der Waals surface area (Å²) in [5.74, 6) is -0.0118. The van der Waals surface area contributed by atoms with E-state index in [1.54, 1.807) is 6.08 Å². The molecule has 10 heteroatoms. The van der Waals surface area contributed by atoms with E-state index in [2.05, 4.69) is 34.4 Å². The van der Waals surface area contributed by atoms with Crippen molar-refractivity contribution in [2.75, 3.05) is 13.1 Å². The molecule has 2 fully saturated rings. The van der Waals surface area contributed by atoms with E-state index in [-0.39, 0.29) is 29.0 Å². The zero-order chi connectivity index (χ0) is 31.4. The van der Waals surface area contributed by atoms with E-state index < -0.39 is 17.3 Å². The fourth-order valence-corrected chi connectivity index (χ4v) is 3.53. The fraction of sp³-hybridized carbons (Fsp3) is 0.667. The van der Waals surface area contributed by atoms with Gasteiger partial charge in [-0.05, 0) is 88.5 Å². The fourth-order valence-electron chi connectivity index (χ4n) is 3.53. The van der Waals surface area contributed by atoms with Gasteiger partial charge in [-0.3, -0.25) is 9.59 Å². The van der Waals surface area contributed by atoms with Crippen molar-refractivity contribution in [2.45, 2.75) is 117 Å². The Morgan fingerprint density at radius 2 is 1.25 bits per heavy atom. The third-order valence-corrected chi connectivity index (χ3v) is 5.02. The molecule has 4 N–H and O–H groups in total. The first kappa shape index (κ1) is 36.7. The molecule has 40 heavy (non-hydrogen) atoms. The Kier molecular flexibility index (Phi) is 14.2. The zero-order valence-corrected chi connectivity index (χ0v) is 26.3. The van der Waals surface area contributed by atoms with Crippen LogP contribution in [0.1, 0.15) is 94.9 Å². The van der Waals surface area contributed by atoms with Crippen molar-refractivity contribution in [2.24, 2.45) is 0 Å². The second kappa shape index (κ2) is 15.5. The van der Waals surface area contributed by atoms with Crippen molar-refractivity contribution < 1.29 is 28.7 Å². The molecule has 0 atom stereocenters. The van der Waals surface area contributed by atoms with Gasteiger partial charge in [0.05, 0.1) is 0 Å². The van der Waals surface area contributed by atoms with Crippen LogP contribution in [0.2, 0.25) is 0 Å². The second-order valence-corrected chi connectivity index (χ2v) is 13.1. The molecular formula is C30H52N4O6. The number of carbonyl (C=O) groups is 4. The van der Waals surface area contributed by atoms with Gasteiger partial charge in [-0.25, -0.2) is 9.59 Å². The molecule has 0 unspecified atom stereocenters. The summed E-state index contributed by atoms with van der Waals surface area (Å²) in [5, 5.41) is 11.0. The average molecular weight is 565 g/mol. The van der Waals surface area contributed by atoms with Gasteiger partial charge in [0.15, 0.2) is 0 Å². The summed E-state index contributed by atoms with van der Waals surface area (Å²) in [4.78, 5) is 44.7. The molecule has 0 aliphatic carbocycles. The van der Waals surface area contributed by atoms with E-state index in [4.69, 9.17) is 9.47 Å². The molecular weight excluding hydrogens is 512 g/mol. The monoisotopic (exact) mass is 564 g/mol. The Bertz CT molecular complexity index is 934. The highest BCUT2D eigenvalue weighted by atomic mass is 16.6. The molecule has 228 valence electrons. The maximum Gasteiger partial charge on any atom is 0.407 e. The van der Waals surface area contributed by atoms with Crippen LogP contribution in [0, 0.1) is 0 Å². The summed E-state index contributed by atoms with van der Waals surface area (Å²) >= 11 is 0. The lowest BCUT2D eigenvalue weighted by atomic mass is 10.0. The van der Waals surface area contributed by atoms with Crippen LogP contribution in [-0.4, -0.2) is 59.4 Å². The number of rotatable bonds is 6. The van der Waals surface area contributed by atoms with Gasteiger partial charge >= 0.3 is 12.2 Å². The number of nitrogens with one attached hydrogen (secondary N) is 4. The quantitative estimate of drug-likeness (QED) is 0.202. The molecule has 10 nitrogen and oxygen atoms in total. The summed E-state index contributed by atoms with van der Waals surface area (Å²) in [6, 6.07) is 0. The Labute approximate surface area is 240 Å². The Hall–Kier alpha value is -3.30. The third kappa shape index (κ3) is 18.1. The minimum Gasteiger partial charge on any atom is -0.444 e. The number of carbonyl (C=O) groups excluding carboxylic acids is 4. The second-order valence-electron chi connectivity index (χ2n) is 13.1. The minimum absolute atomic E-state index is 0.000000000000000222. The van der Waals surface area contributed by atoms with Gasteiger partial charge in [-0.2, -0.15) is 0 Å². The van der Waals surface area contributed by atoms with Crippen LogP contribution in [0.3, 0.4) is 0 Å². The molecule has 0 spiro atoms. The van der Waals surface area contributed by atoms with E-state index >= 15 is 0 Å². The zero-order valence-electron chi connectivity index (χ0n) is 26.3. The number of hydrogen-bond donors (Lipinski definition) is 4. The van der Waals surface area contributed by atoms with Gasteiger partial charge in [0.1, 0.15) is 11.2 Å². The lowest BCUT2D eigenvalue weighted by molar-refractivity contribution is -0.117. The van der Waals surface area contributed by atoms with Crippen LogP contribution in [0.5, 0.6) is 0 Å². The summed E-state index contributed by atoms with van der Waals surface area (Å²) in [7, 11) is 0. The highest BCUT2D eigenvalue weighted by Gasteiger charge is 2.32. The van der Waals surface area contributed by atoms with Crippen molar-refractivity contribution in [3.05, 3.63) is 36.5 Å². The lowest BCUT2D eigenvalue weighted by Crippen LogP contribution is -2.34. The topological polar surface area (TPSA) is 135 Å². The van der Waals surface area contributed by atoms with Crippen LogP contribution < -0.4 is 21.3 Å². The van der Waals surface area contributed by atoms with Gasteiger partial charge in [-0.15, -0.1) is 6.58 Å². The minimum atomic E-state index is -0.488. The van der Waals surface area contributed by atoms with Crippen LogP contribution in [0.15, 0.2) is 36.5 Å². The first-order valence-electron chi connectivity index (χ1n) is 13.6. The van der Waals surface area contributed by atoms with Gasteiger partial charge in [0.25, 0.3) is 0 Å². The van der Waals surface area contributed by atoms with Crippen LogP contribution in [0.25, 0.3) is 0 Å². The molecule has 0 saturated carbocycles. The van der Waals surface area contributed by atoms with Crippen molar-refractivity contribution in [1.29, 1.82) is 0 Å². The Morgan fingerprint density at radius 3 is 1.55 bits per heavy atom. The molecule has 0 radical (unpaired) electrons. The van der Waals surface area contributed by atoms with Crippen molar-refractivity contribution in [1.82, 2.24) is 21.3 Å². The first-order chi connectivity index (χ1) is 18.1. The molecule has 2 aliphatic rings. The summed E-state index contributed by atoms with van der Waals surface area (Å²) in [5.41, 5.74) is 0.349.